The largest absolute Gasteiger partial charge is 0.417 e. The zero-order chi connectivity index (χ0) is 21.2. The van der Waals surface area contributed by atoms with Crippen LogP contribution in [0, 0.1) is 0 Å². The second-order valence-electron chi connectivity index (χ2n) is 6.11. The number of rotatable bonds is 4. The first-order valence-corrected chi connectivity index (χ1v) is 8.56. The number of nitrogens with zero attached hydrogens (tertiary/aromatic N) is 1. The van der Waals surface area contributed by atoms with Gasteiger partial charge in [0.1, 0.15) is 0 Å². The van der Waals surface area contributed by atoms with E-state index < -0.39 is 29.1 Å². The van der Waals surface area contributed by atoms with Gasteiger partial charge in [0.05, 0.1) is 27.9 Å². The fourth-order valence-electron chi connectivity index (χ4n) is 2.90. The van der Waals surface area contributed by atoms with Crippen LogP contribution in [-0.4, -0.2) is 30.9 Å². The molecule has 0 aliphatic carbocycles. The molecule has 0 bridgehead atoms. The number of halogens is 3. The number of carbonyl (C=O) groups is 2. The molecule has 6 nitrogen and oxygen atoms in total. The van der Waals surface area contributed by atoms with Crippen LogP contribution in [0.5, 0.6) is 0 Å². The molecule has 0 unspecified atom stereocenters. The first kappa shape index (κ1) is 20.1. The Morgan fingerprint density at radius 3 is 2.14 bits per heavy atom. The van der Waals surface area contributed by atoms with Crippen molar-refractivity contribution < 1.29 is 22.8 Å². The minimum absolute atomic E-state index is 0.00365. The van der Waals surface area contributed by atoms with Gasteiger partial charge >= 0.3 is 6.18 Å². The molecule has 0 atom stereocenters. The third kappa shape index (κ3) is 3.98. The summed E-state index contributed by atoms with van der Waals surface area (Å²) < 4.78 is 40.5. The molecule has 3 rings (SSSR count). The van der Waals surface area contributed by atoms with Gasteiger partial charge in [0.25, 0.3) is 11.8 Å². The highest BCUT2D eigenvalue weighted by Gasteiger charge is 2.36. The molecular formula is C20H17F3N4O2. The number of benzene rings is 2. The Bertz CT molecular complexity index is 1080. The number of anilines is 2. The molecule has 0 spiro atoms. The first-order valence-electron chi connectivity index (χ1n) is 8.56. The molecule has 1 heterocycles. The molecule has 29 heavy (non-hydrogen) atoms. The average molecular weight is 402 g/mol. The summed E-state index contributed by atoms with van der Waals surface area (Å²) in [6.07, 6.45) is -3.55. The van der Waals surface area contributed by atoms with E-state index in [2.05, 4.69) is 20.9 Å². The van der Waals surface area contributed by atoms with E-state index in [9.17, 15) is 22.8 Å². The lowest BCUT2D eigenvalue weighted by Crippen LogP contribution is -2.23. The summed E-state index contributed by atoms with van der Waals surface area (Å²) in [5.74, 6) is -1.37. The minimum Gasteiger partial charge on any atom is -0.355 e. The Labute approximate surface area is 164 Å². The van der Waals surface area contributed by atoms with Crippen LogP contribution in [0.2, 0.25) is 0 Å². The summed E-state index contributed by atoms with van der Waals surface area (Å²) in [6, 6.07) is 10.7. The molecule has 9 heteroatoms. The second-order valence-corrected chi connectivity index (χ2v) is 6.11. The van der Waals surface area contributed by atoms with Crippen molar-refractivity contribution in [2.24, 2.45) is 0 Å². The number of hydrogen-bond acceptors (Lipinski definition) is 4. The lowest BCUT2D eigenvalue weighted by Gasteiger charge is -2.17. The van der Waals surface area contributed by atoms with Crippen molar-refractivity contribution in [3.8, 4) is 0 Å². The molecule has 2 aromatic carbocycles. The number of amides is 2. The topological polar surface area (TPSA) is 83.1 Å². The van der Waals surface area contributed by atoms with Gasteiger partial charge in [-0.3, -0.25) is 14.6 Å². The van der Waals surface area contributed by atoms with Crippen LogP contribution in [0.1, 0.15) is 26.3 Å². The maximum atomic E-state index is 13.5. The van der Waals surface area contributed by atoms with E-state index in [1.165, 1.54) is 20.3 Å². The maximum Gasteiger partial charge on any atom is 0.417 e. The molecule has 3 aromatic rings. The number of nitrogens with one attached hydrogen (secondary N) is 3. The van der Waals surface area contributed by atoms with Gasteiger partial charge in [-0.05, 0) is 24.3 Å². The van der Waals surface area contributed by atoms with Crippen molar-refractivity contribution in [2.75, 3.05) is 19.4 Å². The monoisotopic (exact) mass is 402 g/mol. The molecule has 1 aromatic heterocycles. The van der Waals surface area contributed by atoms with Gasteiger partial charge in [0.15, 0.2) is 0 Å². The van der Waals surface area contributed by atoms with Gasteiger partial charge in [-0.15, -0.1) is 0 Å². The highest BCUT2D eigenvalue weighted by atomic mass is 19.4. The molecule has 0 aliphatic heterocycles. The number of fused-ring (bicyclic) bond motifs is 1. The van der Waals surface area contributed by atoms with E-state index in [1.54, 1.807) is 30.3 Å². The smallest absolute Gasteiger partial charge is 0.355 e. The van der Waals surface area contributed by atoms with Crippen molar-refractivity contribution >= 4 is 34.1 Å². The quantitative estimate of drug-likeness (QED) is 0.621. The van der Waals surface area contributed by atoms with Crippen molar-refractivity contribution in [1.29, 1.82) is 0 Å². The van der Waals surface area contributed by atoms with Gasteiger partial charge in [-0.1, -0.05) is 18.2 Å². The number of pyridine rings is 1. The van der Waals surface area contributed by atoms with Crippen molar-refractivity contribution in [3.63, 3.8) is 0 Å². The van der Waals surface area contributed by atoms with E-state index in [1.807, 2.05) is 0 Å². The van der Waals surface area contributed by atoms with Crippen molar-refractivity contribution in [2.45, 2.75) is 6.18 Å². The van der Waals surface area contributed by atoms with Gasteiger partial charge in [-0.2, -0.15) is 13.2 Å². The van der Waals surface area contributed by atoms with E-state index in [-0.39, 0.29) is 22.2 Å². The molecule has 3 N–H and O–H groups in total. The van der Waals surface area contributed by atoms with E-state index in [0.29, 0.717) is 5.69 Å². The fraction of sp³-hybridized carbons (Fsp3) is 0.150. The maximum absolute atomic E-state index is 13.5. The van der Waals surface area contributed by atoms with Crippen LogP contribution in [0.15, 0.2) is 48.7 Å². The van der Waals surface area contributed by atoms with Crippen LogP contribution in [0.3, 0.4) is 0 Å². The summed E-state index contributed by atoms with van der Waals surface area (Å²) in [5, 5.41) is 7.96. The van der Waals surface area contributed by atoms with Crippen molar-refractivity contribution in [1.82, 2.24) is 15.6 Å². The van der Waals surface area contributed by atoms with Gasteiger partial charge in [0.2, 0.25) is 0 Å². The molecule has 0 fully saturated rings. The Morgan fingerprint density at radius 2 is 1.55 bits per heavy atom. The SMILES string of the molecule is CNC(=O)c1cc2c(Nc3ccccc3)c(C(=O)NC)cnc2cc1C(F)(F)F. The fourth-order valence-corrected chi connectivity index (χ4v) is 2.90. The van der Waals surface area contributed by atoms with Crippen LogP contribution < -0.4 is 16.0 Å². The summed E-state index contributed by atoms with van der Waals surface area (Å²) in [5.41, 5.74) is -0.664. The Kier molecular flexibility index (Phi) is 5.40. The minimum atomic E-state index is -4.75. The molecule has 2 amide bonds. The lowest BCUT2D eigenvalue weighted by atomic mass is 9.99. The van der Waals surface area contributed by atoms with E-state index in [4.69, 9.17) is 0 Å². The summed E-state index contributed by atoms with van der Waals surface area (Å²) in [7, 11) is 2.68. The van der Waals surface area contributed by atoms with Gasteiger partial charge in [0, 0.05) is 31.4 Å². The molecule has 0 saturated carbocycles. The summed E-state index contributed by atoms with van der Waals surface area (Å²) >= 11 is 0. The van der Waals surface area contributed by atoms with E-state index in [0.717, 1.165) is 12.1 Å². The number of carbonyl (C=O) groups excluding carboxylic acids is 2. The lowest BCUT2D eigenvalue weighted by molar-refractivity contribution is -0.137. The van der Waals surface area contributed by atoms with Crippen molar-refractivity contribution in [3.05, 3.63) is 65.4 Å². The van der Waals surface area contributed by atoms with Crippen LogP contribution in [0.25, 0.3) is 10.9 Å². The van der Waals surface area contributed by atoms with Crippen LogP contribution in [0.4, 0.5) is 24.5 Å². The molecular weight excluding hydrogens is 385 g/mol. The summed E-state index contributed by atoms with van der Waals surface area (Å²) in [4.78, 5) is 28.5. The van der Waals surface area contributed by atoms with Gasteiger partial charge in [-0.25, -0.2) is 0 Å². The predicted octanol–water partition coefficient (Wildman–Crippen LogP) is 3.72. The van der Waals surface area contributed by atoms with Gasteiger partial charge < -0.3 is 16.0 Å². The molecule has 150 valence electrons. The number of aromatic nitrogens is 1. The van der Waals surface area contributed by atoms with E-state index >= 15 is 0 Å². The zero-order valence-corrected chi connectivity index (χ0v) is 15.5. The van der Waals surface area contributed by atoms with Crippen LogP contribution >= 0.6 is 0 Å². The first-order chi connectivity index (χ1) is 13.8. The Morgan fingerprint density at radius 1 is 0.931 bits per heavy atom. The molecule has 0 radical (unpaired) electrons. The van der Waals surface area contributed by atoms with Crippen LogP contribution in [-0.2, 0) is 6.18 Å². The highest BCUT2D eigenvalue weighted by molar-refractivity contribution is 6.10. The Balaban J connectivity index is 2.34. The Hall–Kier alpha value is -3.62. The highest BCUT2D eigenvalue weighted by Crippen LogP contribution is 2.37. The second kappa shape index (κ2) is 7.78. The molecule has 0 saturated heterocycles. The third-order valence-electron chi connectivity index (χ3n) is 4.30. The number of para-hydroxylation sites is 1. The molecule has 0 aliphatic rings. The average Bonchev–Trinajstić information content (AvgIpc) is 2.72. The standard InChI is InChI=1S/C20H17F3N4O2/c1-24-18(28)12-8-13-16(9-15(12)20(21,22)23)26-10-14(19(29)25-2)17(13)27-11-6-4-3-5-7-11/h3-10H,1-2H3,(H,24,28)(H,25,29)(H,26,27). The number of hydrogen-bond donors (Lipinski definition) is 3. The normalized spacial score (nSPS) is 11.2. The summed E-state index contributed by atoms with van der Waals surface area (Å²) in [6.45, 7) is 0. The zero-order valence-electron chi connectivity index (χ0n) is 15.5. The third-order valence-corrected chi connectivity index (χ3v) is 4.30. The predicted molar refractivity (Wildman–Crippen MR) is 103 cm³/mol. The number of alkyl halides is 3.